The number of halogens is 3. The molecular formula is C12H7F3N4. The number of anilines is 1. The monoisotopic (exact) mass is 264 g/mol. The average molecular weight is 264 g/mol. The second kappa shape index (κ2) is 3.98. The van der Waals surface area contributed by atoms with Crippen molar-refractivity contribution in [2.75, 3.05) is 5.73 Å². The van der Waals surface area contributed by atoms with Gasteiger partial charge in [-0.25, -0.2) is 23.1 Å². The van der Waals surface area contributed by atoms with Gasteiger partial charge < -0.3 is 10.7 Å². The van der Waals surface area contributed by atoms with E-state index in [0.717, 1.165) is 18.3 Å². The van der Waals surface area contributed by atoms with E-state index in [0.29, 0.717) is 5.56 Å². The third-order valence-electron chi connectivity index (χ3n) is 2.72. The van der Waals surface area contributed by atoms with E-state index in [4.69, 9.17) is 5.73 Å². The van der Waals surface area contributed by atoms with Gasteiger partial charge in [0.2, 0.25) is 0 Å². The minimum atomic E-state index is -0.749. The summed E-state index contributed by atoms with van der Waals surface area (Å²) in [6.45, 7) is 0. The lowest BCUT2D eigenvalue weighted by Gasteiger charge is -2.01. The smallest absolute Gasteiger partial charge is 0.183 e. The third-order valence-corrected chi connectivity index (χ3v) is 2.72. The van der Waals surface area contributed by atoms with Crippen molar-refractivity contribution in [1.29, 1.82) is 0 Å². The molecule has 2 heterocycles. The van der Waals surface area contributed by atoms with Crippen LogP contribution in [0.3, 0.4) is 0 Å². The maximum Gasteiger partial charge on any atom is 0.183 e. The standard InChI is InChI=1S/C12H7F3N4/c13-5-1-6-7(3-17-10(6)8(14)2-5)12-18-4-9(15)11(16)19-12/h1-4,17H,(H2,16,18,19). The summed E-state index contributed by atoms with van der Waals surface area (Å²) in [6, 6.07) is 1.91. The fourth-order valence-corrected chi connectivity index (χ4v) is 1.85. The Morgan fingerprint density at radius 3 is 2.63 bits per heavy atom. The van der Waals surface area contributed by atoms with Gasteiger partial charge in [0.1, 0.15) is 11.6 Å². The van der Waals surface area contributed by atoms with E-state index >= 15 is 0 Å². The van der Waals surface area contributed by atoms with Crippen LogP contribution in [0.5, 0.6) is 0 Å². The predicted octanol–water partition coefficient (Wildman–Crippen LogP) is 2.62. The van der Waals surface area contributed by atoms with E-state index in [2.05, 4.69) is 15.0 Å². The average Bonchev–Trinajstić information content (AvgIpc) is 2.76. The molecule has 96 valence electrons. The molecule has 0 unspecified atom stereocenters. The molecule has 2 aromatic heterocycles. The Kier molecular flexibility index (Phi) is 2.41. The van der Waals surface area contributed by atoms with Gasteiger partial charge in [0.25, 0.3) is 0 Å². The van der Waals surface area contributed by atoms with Crippen molar-refractivity contribution in [3.8, 4) is 11.4 Å². The Morgan fingerprint density at radius 2 is 1.89 bits per heavy atom. The molecule has 0 atom stereocenters. The topological polar surface area (TPSA) is 67.6 Å². The van der Waals surface area contributed by atoms with Crippen molar-refractivity contribution < 1.29 is 13.2 Å². The number of nitrogens with two attached hydrogens (primary N) is 1. The van der Waals surface area contributed by atoms with Gasteiger partial charge in [-0.05, 0) is 6.07 Å². The molecule has 0 amide bonds. The molecule has 4 nitrogen and oxygen atoms in total. The zero-order valence-electron chi connectivity index (χ0n) is 9.42. The molecule has 7 heteroatoms. The van der Waals surface area contributed by atoms with Crippen LogP contribution < -0.4 is 5.73 Å². The first-order valence-electron chi connectivity index (χ1n) is 5.31. The van der Waals surface area contributed by atoms with Crippen molar-refractivity contribution >= 4 is 16.7 Å². The predicted molar refractivity (Wildman–Crippen MR) is 63.6 cm³/mol. The summed E-state index contributed by atoms with van der Waals surface area (Å²) in [5.74, 6) is -2.43. The highest BCUT2D eigenvalue weighted by atomic mass is 19.1. The van der Waals surface area contributed by atoms with Crippen molar-refractivity contribution in [3.05, 3.63) is 42.0 Å². The number of H-pyrrole nitrogens is 1. The molecule has 19 heavy (non-hydrogen) atoms. The number of nitrogens with one attached hydrogen (secondary N) is 1. The summed E-state index contributed by atoms with van der Waals surface area (Å²) in [6.07, 6.45) is 2.33. The van der Waals surface area contributed by atoms with Crippen LogP contribution in [-0.2, 0) is 0 Å². The first-order valence-corrected chi connectivity index (χ1v) is 5.31. The quantitative estimate of drug-likeness (QED) is 0.710. The Morgan fingerprint density at radius 1 is 1.11 bits per heavy atom. The van der Waals surface area contributed by atoms with Gasteiger partial charge in [-0.1, -0.05) is 0 Å². The number of aromatic amines is 1. The zero-order valence-corrected chi connectivity index (χ0v) is 9.42. The fraction of sp³-hybridized carbons (Fsp3) is 0. The molecule has 0 aliphatic carbocycles. The fourth-order valence-electron chi connectivity index (χ4n) is 1.85. The van der Waals surface area contributed by atoms with Gasteiger partial charge in [-0.3, -0.25) is 0 Å². The zero-order chi connectivity index (χ0) is 13.6. The molecule has 0 saturated carbocycles. The lowest BCUT2D eigenvalue weighted by molar-refractivity contribution is 0.591. The highest BCUT2D eigenvalue weighted by Gasteiger charge is 2.14. The summed E-state index contributed by atoms with van der Waals surface area (Å²) in [5, 5.41) is 0.267. The van der Waals surface area contributed by atoms with Crippen LogP contribution in [-0.4, -0.2) is 15.0 Å². The number of nitrogen functional groups attached to an aromatic ring is 1. The number of hydrogen-bond donors (Lipinski definition) is 2. The van der Waals surface area contributed by atoms with E-state index < -0.39 is 17.5 Å². The molecule has 0 radical (unpaired) electrons. The molecule has 0 aliphatic rings. The van der Waals surface area contributed by atoms with Crippen LogP contribution in [0.4, 0.5) is 19.0 Å². The van der Waals surface area contributed by atoms with E-state index in [1.807, 2.05) is 0 Å². The number of fused-ring (bicyclic) bond motifs is 1. The first kappa shape index (κ1) is 11.5. The van der Waals surface area contributed by atoms with E-state index in [9.17, 15) is 13.2 Å². The summed E-state index contributed by atoms with van der Waals surface area (Å²) in [7, 11) is 0. The van der Waals surface area contributed by atoms with Crippen molar-refractivity contribution in [1.82, 2.24) is 15.0 Å². The normalized spacial score (nSPS) is 11.1. The maximum atomic E-state index is 13.5. The van der Waals surface area contributed by atoms with Crippen LogP contribution in [0.1, 0.15) is 0 Å². The van der Waals surface area contributed by atoms with Crippen LogP contribution >= 0.6 is 0 Å². The van der Waals surface area contributed by atoms with Crippen LogP contribution in [0.2, 0.25) is 0 Å². The van der Waals surface area contributed by atoms with Gasteiger partial charge in [-0.15, -0.1) is 0 Å². The number of rotatable bonds is 1. The second-order valence-electron chi connectivity index (χ2n) is 3.94. The molecule has 0 bridgehead atoms. The molecule has 3 N–H and O–H groups in total. The second-order valence-corrected chi connectivity index (χ2v) is 3.94. The summed E-state index contributed by atoms with van der Waals surface area (Å²) in [4.78, 5) is 10.2. The highest BCUT2D eigenvalue weighted by Crippen LogP contribution is 2.29. The lowest BCUT2D eigenvalue weighted by atomic mass is 10.1. The molecule has 0 spiro atoms. The van der Waals surface area contributed by atoms with Crippen molar-refractivity contribution in [2.24, 2.45) is 0 Å². The lowest BCUT2D eigenvalue weighted by Crippen LogP contribution is -1.98. The van der Waals surface area contributed by atoms with E-state index in [1.165, 1.54) is 6.20 Å². The van der Waals surface area contributed by atoms with Crippen molar-refractivity contribution in [3.63, 3.8) is 0 Å². The number of nitrogens with zero attached hydrogens (tertiary/aromatic N) is 2. The number of benzene rings is 1. The Balaban J connectivity index is 2.28. The largest absolute Gasteiger partial charge is 0.381 e. The molecular weight excluding hydrogens is 257 g/mol. The number of aromatic nitrogens is 3. The molecule has 1 aromatic carbocycles. The Labute approximate surface area is 105 Å². The van der Waals surface area contributed by atoms with Gasteiger partial charge in [0, 0.05) is 23.2 Å². The maximum absolute atomic E-state index is 13.5. The van der Waals surface area contributed by atoms with E-state index in [1.54, 1.807) is 0 Å². The van der Waals surface area contributed by atoms with Crippen LogP contribution in [0.25, 0.3) is 22.3 Å². The summed E-state index contributed by atoms with van der Waals surface area (Å²) in [5.41, 5.74) is 5.82. The minimum absolute atomic E-state index is 0.0927. The summed E-state index contributed by atoms with van der Waals surface area (Å²) < 4.78 is 39.8. The van der Waals surface area contributed by atoms with Gasteiger partial charge in [0.05, 0.1) is 11.7 Å². The van der Waals surface area contributed by atoms with Gasteiger partial charge in [-0.2, -0.15) is 0 Å². The minimum Gasteiger partial charge on any atom is -0.381 e. The highest BCUT2D eigenvalue weighted by molar-refractivity contribution is 5.94. The molecule has 3 rings (SSSR count). The number of hydrogen-bond acceptors (Lipinski definition) is 3. The van der Waals surface area contributed by atoms with Crippen LogP contribution in [0.15, 0.2) is 24.5 Å². The Hall–Kier alpha value is -2.57. The molecule has 0 saturated heterocycles. The van der Waals surface area contributed by atoms with Gasteiger partial charge >= 0.3 is 0 Å². The SMILES string of the molecule is Nc1nc(-c2c[nH]c3c(F)cc(F)cc23)ncc1F. The molecule has 0 aliphatic heterocycles. The molecule has 3 aromatic rings. The Bertz CT molecular complexity index is 782. The first-order chi connectivity index (χ1) is 9.06. The third kappa shape index (κ3) is 1.79. The van der Waals surface area contributed by atoms with E-state index in [-0.39, 0.29) is 22.5 Å². The van der Waals surface area contributed by atoms with Crippen molar-refractivity contribution in [2.45, 2.75) is 0 Å². The summed E-state index contributed by atoms with van der Waals surface area (Å²) >= 11 is 0. The van der Waals surface area contributed by atoms with Crippen LogP contribution in [0, 0.1) is 17.5 Å². The van der Waals surface area contributed by atoms with Gasteiger partial charge in [0.15, 0.2) is 17.5 Å². The molecule has 0 fully saturated rings.